The number of amides is 1. The highest BCUT2D eigenvalue weighted by molar-refractivity contribution is 9.10. The van der Waals surface area contributed by atoms with Gasteiger partial charge in [-0.25, -0.2) is 10.2 Å². The van der Waals surface area contributed by atoms with Crippen LogP contribution in [0.2, 0.25) is 0 Å². The zero-order chi connectivity index (χ0) is 19.2. The van der Waals surface area contributed by atoms with Gasteiger partial charge in [-0.15, -0.1) is 0 Å². The standard InChI is InChI=1S/C19H15BrN4O3/c1-27-19(26)14-4-2-12(3-5-14)11-21-24-18(25)17-10-16(22-23-17)13-6-8-15(20)9-7-13/h2-11H,1H3,(H,22,23)(H,24,25)/b21-11+. The van der Waals surface area contributed by atoms with E-state index < -0.39 is 11.9 Å². The first-order chi connectivity index (χ1) is 13.1. The Bertz CT molecular complexity index is 979. The lowest BCUT2D eigenvalue weighted by Crippen LogP contribution is -2.18. The van der Waals surface area contributed by atoms with Crippen molar-refractivity contribution in [1.29, 1.82) is 0 Å². The van der Waals surface area contributed by atoms with Gasteiger partial charge in [-0.2, -0.15) is 10.2 Å². The first-order valence-corrected chi connectivity index (χ1v) is 8.69. The molecule has 3 aromatic rings. The van der Waals surface area contributed by atoms with Crippen LogP contribution in [0.4, 0.5) is 0 Å². The predicted molar refractivity (Wildman–Crippen MR) is 105 cm³/mol. The third kappa shape index (κ3) is 4.68. The van der Waals surface area contributed by atoms with Crippen LogP contribution in [-0.2, 0) is 4.74 Å². The summed E-state index contributed by atoms with van der Waals surface area (Å²) in [5.74, 6) is -0.819. The van der Waals surface area contributed by atoms with Crippen LogP contribution in [0, 0.1) is 0 Å². The van der Waals surface area contributed by atoms with E-state index in [1.54, 1.807) is 30.3 Å². The molecule has 1 amide bonds. The molecule has 0 aliphatic rings. The van der Waals surface area contributed by atoms with Gasteiger partial charge in [-0.3, -0.25) is 9.89 Å². The van der Waals surface area contributed by atoms with Gasteiger partial charge in [0.05, 0.1) is 24.6 Å². The van der Waals surface area contributed by atoms with E-state index in [0.29, 0.717) is 17.0 Å². The molecule has 0 bridgehead atoms. The molecule has 0 atom stereocenters. The van der Waals surface area contributed by atoms with E-state index in [9.17, 15) is 9.59 Å². The lowest BCUT2D eigenvalue weighted by Gasteiger charge is -1.99. The van der Waals surface area contributed by atoms with Gasteiger partial charge in [0.2, 0.25) is 0 Å². The Morgan fingerprint density at radius 3 is 2.52 bits per heavy atom. The van der Waals surface area contributed by atoms with Gasteiger partial charge in [0.15, 0.2) is 0 Å². The van der Waals surface area contributed by atoms with Crippen LogP contribution in [-0.4, -0.2) is 35.4 Å². The minimum Gasteiger partial charge on any atom is -0.465 e. The average Bonchev–Trinajstić information content (AvgIpc) is 3.19. The van der Waals surface area contributed by atoms with Crippen LogP contribution >= 0.6 is 15.9 Å². The highest BCUT2D eigenvalue weighted by atomic mass is 79.9. The summed E-state index contributed by atoms with van der Waals surface area (Å²) in [6.45, 7) is 0. The van der Waals surface area contributed by atoms with Crippen molar-refractivity contribution in [3.63, 3.8) is 0 Å². The number of aromatic amines is 1. The molecule has 2 N–H and O–H groups in total. The van der Waals surface area contributed by atoms with Crippen molar-refractivity contribution in [2.24, 2.45) is 5.10 Å². The topological polar surface area (TPSA) is 96.4 Å². The van der Waals surface area contributed by atoms with Crippen molar-refractivity contribution < 1.29 is 14.3 Å². The molecule has 2 aromatic carbocycles. The van der Waals surface area contributed by atoms with Crippen molar-refractivity contribution in [3.8, 4) is 11.3 Å². The fourth-order valence-electron chi connectivity index (χ4n) is 2.26. The summed E-state index contributed by atoms with van der Waals surface area (Å²) < 4.78 is 5.60. The maximum absolute atomic E-state index is 12.2. The molecule has 0 fully saturated rings. The minimum absolute atomic E-state index is 0.297. The largest absolute Gasteiger partial charge is 0.465 e. The second kappa shape index (κ2) is 8.41. The molecule has 8 heteroatoms. The van der Waals surface area contributed by atoms with Crippen LogP contribution in [0.25, 0.3) is 11.3 Å². The Morgan fingerprint density at radius 2 is 1.85 bits per heavy atom. The van der Waals surface area contributed by atoms with E-state index in [0.717, 1.165) is 15.6 Å². The number of methoxy groups -OCH3 is 1. The SMILES string of the molecule is COC(=O)c1ccc(/C=N/NC(=O)c2cc(-c3ccc(Br)cc3)n[nH]2)cc1. The number of nitrogens with zero attached hydrogens (tertiary/aromatic N) is 2. The molecule has 0 aliphatic carbocycles. The monoisotopic (exact) mass is 426 g/mol. The van der Waals surface area contributed by atoms with Gasteiger partial charge in [0.25, 0.3) is 5.91 Å². The summed E-state index contributed by atoms with van der Waals surface area (Å²) in [6, 6.07) is 15.9. The van der Waals surface area contributed by atoms with E-state index >= 15 is 0 Å². The molecule has 1 heterocycles. The first kappa shape index (κ1) is 18.5. The summed E-state index contributed by atoms with van der Waals surface area (Å²) in [7, 11) is 1.32. The third-order valence-electron chi connectivity index (χ3n) is 3.67. The number of halogens is 1. The highest BCUT2D eigenvalue weighted by Gasteiger charge is 2.10. The number of nitrogens with one attached hydrogen (secondary N) is 2. The zero-order valence-electron chi connectivity index (χ0n) is 14.3. The minimum atomic E-state index is -0.410. The summed E-state index contributed by atoms with van der Waals surface area (Å²) in [5, 5.41) is 10.7. The lowest BCUT2D eigenvalue weighted by atomic mass is 10.1. The molecule has 7 nitrogen and oxygen atoms in total. The number of rotatable bonds is 5. The number of carbonyl (C=O) groups is 2. The molecule has 0 saturated heterocycles. The Morgan fingerprint density at radius 1 is 1.15 bits per heavy atom. The van der Waals surface area contributed by atoms with Crippen molar-refractivity contribution in [1.82, 2.24) is 15.6 Å². The summed E-state index contributed by atoms with van der Waals surface area (Å²) in [5.41, 5.74) is 5.45. The molecular weight excluding hydrogens is 412 g/mol. The van der Waals surface area contributed by atoms with Crippen LogP contribution in [0.1, 0.15) is 26.4 Å². The zero-order valence-corrected chi connectivity index (χ0v) is 15.9. The van der Waals surface area contributed by atoms with E-state index in [4.69, 9.17) is 0 Å². The van der Waals surface area contributed by atoms with Gasteiger partial charge < -0.3 is 4.74 Å². The lowest BCUT2D eigenvalue weighted by molar-refractivity contribution is 0.0600. The molecule has 0 radical (unpaired) electrons. The van der Waals surface area contributed by atoms with Crippen molar-refractivity contribution in [3.05, 3.63) is 75.9 Å². The number of hydrazone groups is 1. The molecule has 0 unspecified atom stereocenters. The van der Waals surface area contributed by atoms with Gasteiger partial charge >= 0.3 is 5.97 Å². The van der Waals surface area contributed by atoms with Crippen molar-refractivity contribution in [2.45, 2.75) is 0 Å². The summed E-state index contributed by atoms with van der Waals surface area (Å²) in [4.78, 5) is 23.5. The number of ether oxygens (including phenoxy) is 1. The van der Waals surface area contributed by atoms with Gasteiger partial charge in [-0.05, 0) is 35.9 Å². The average molecular weight is 427 g/mol. The number of benzene rings is 2. The molecule has 0 spiro atoms. The Kier molecular flexibility index (Phi) is 5.77. The maximum Gasteiger partial charge on any atom is 0.337 e. The van der Waals surface area contributed by atoms with E-state index in [-0.39, 0.29) is 0 Å². The van der Waals surface area contributed by atoms with Crippen LogP contribution in [0.5, 0.6) is 0 Å². The number of H-pyrrole nitrogens is 1. The number of hydrogen-bond donors (Lipinski definition) is 2. The van der Waals surface area contributed by atoms with E-state index in [1.807, 2.05) is 24.3 Å². The smallest absolute Gasteiger partial charge is 0.337 e. The number of aromatic nitrogens is 2. The molecule has 1 aromatic heterocycles. The number of carbonyl (C=O) groups excluding carboxylic acids is 2. The fraction of sp³-hybridized carbons (Fsp3) is 0.0526. The van der Waals surface area contributed by atoms with Gasteiger partial charge in [0.1, 0.15) is 5.69 Å². The molecule has 136 valence electrons. The van der Waals surface area contributed by atoms with E-state index in [2.05, 4.69) is 41.4 Å². The Hall–Kier alpha value is -3.26. The fourth-order valence-corrected chi connectivity index (χ4v) is 2.52. The second-order valence-electron chi connectivity index (χ2n) is 5.49. The molecular formula is C19H15BrN4O3. The number of hydrogen-bond acceptors (Lipinski definition) is 5. The molecule has 27 heavy (non-hydrogen) atoms. The van der Waals surface area contributed by atoms with Crippen LogP contribution < -0.4 is 5.43 Å². The number of esters is 1. The van der Waals surface area contributed by atoms with Gasteiger partial charge in [0, 0.05) is 10.0 Å². The van der Waals surface area contributed by atoms with Crippen LogP contribution in [0.15, 0.2) is 64.2 Å². The molecule has 0 aliphatic heterocycles. The maximum atomic E-state index is 12.2. The molecule has 0 saturated carbocycles. The van der Waals surface area contributed by atoms with Crippen molar-refractivity contribution >= 4 is 34.0 Å². The Balaban J connectivity index is 1.61. The first-order valence-electron chi connectivity index (χ1n) is 7.90. The van der Waals surface area contributed by atoms with E-state index in [1.165, 1.54) is 13.3 Å². The van der Waals surface area contributed by atoms with Gasteiger partial charge in [-0.1, -0.05) is 40.2 Å². The van der Waals surface area contributed by atoms with Crippen molar-refractivity contribution in [2.75, 3.05) is 7.11 Å². The predicted octanol–water partition coefficient (Wildman–Crippen LogP) is 3.39. The highest BCUT2D eigenvalue weighted by Crippen LogP contribution is 2.20. The summed E-state index contributed by atoms with van der Waals surface area (Å²) >= 11 is 3.38. The Labute approximate surface area is 163 Å². The summed E-state index contributed by atoms with van der Waals surface area (Å²) in [6.07, 6.45) is 1.48. The second-order valence-corrected chi connectivity index (χ2v) is 6.40. The van der Waals surface area contributed by atoms with Crippen LogP contribution in [0.3, 0.4) is 0 Å². The molecule has 3 rings (SSSR count). The normalized spacial score (nSPS) is 10.7. The third-order valence-corrected chi connectivity index (χ3v) is 4.20. The quantitative estimate of drug-likeness (QED) is 0.371.